The van der Waals surface area contributed by atoms with Gasteiger partial charge in [-0.15, -0.1) is 24.8 Å². The number of ether oxygens (including phenoxy) is 2. The molecule has 0 bridgehead atoms. The summed E-state index contributed by atoms with van der Waals surface area (Å²) in [4.78, 5) is 14.2. The van der Waals surface area contributed by atoms with E-state index in [1.165, 1.54) is 0 Å². The van der Waals surface area contributed by atoms with Crippen molar-refractivity contribution in [2.75, 3.05) is 7.11 Å². The van der Waals surface area contributed by atoms with E-state index in [9.17, 15) is 18.0 Å². The quantitative estimate of drug-likeness (QED) is 0.861. The Morgan fingerprint density at radius 1 is 1.56 bits per heavy atom. The summed E-state index contributed by atoms with van der Waals surface area (Å²) < 4.78 is 44.5. The van der Waals surface area contributed by atoms with Crippen molar-refractivity contribution in [3.63, 3.8) is 0 Å². The van der Waals surface area contributed by atoms with Gasteiger partial charge in [-0.2, -0.15) is 0 Å². The standard InChI is InChI=1S/C9H7ClF3NO4/c1-17-6-2-4(8(15)16)5(3-10)14-7(6)18-9(11,12)13/h2H,3H2,1H3,(H,15,16). The fourth-order valence-corrected chi connectivity index (χ4v) is 1.33. The number of hydrogen-bond donors (Lipinski definition) is 1. The van der Waals surface area contributed by atoms with Gasteiger partial charge in [0.2, 0.25) is 0 Å². The Morgan fingerprint density at radius 2 is 2.17 bits per heavy atom. The van der Waals surface area contributed by atoms with E-state index >= 15 is 0 Å². The Kier molecular flexibility index (Phi) is 4.23. The van der Waals surface area contributed by atoms with Gasteiger partial charge in [0.05, 0.1) is 24.2 Å². The summed E-state index contributed by atoms with van der Waals surface area (Å²) in [5, 5.41) is 8.82. The summed E-state index contributed by atoms with van der Waals surface area (Å²) in [6.07, 6.45) is -4.96. The lowest BCUT2D eigenvalue weighted by Gasteiger charge is -2.13. The first-order valence-corrected chi connectivity index (χ1v) is 4.95. The van der Waals surface area contributed by atoms with Gasteiger partial charge in [0.25, 0.3) is 5.88 Å². The Morgan fingerprint density at radius 3 is 2.56 bits per heavy atom. The monoisotopic (exact) mass is 285 g/mol. The number of methoxy groups -OCH3 is 1. The van der Waals surface area contributed by atoms with E-state index in [2.05, 4.69) is 14.5 Å². The summed E-state index contributed by atoms with van der Waals surface area (Å²) in [7, 11) is 1.06. The zero-order chi connectivity index (χ0) is 13.9. The van der Waals surface area contributed by atoms with Crippen LogP contribution in [-0.2, 0) is 5.88 Å². The second-order valence-electron chi connectivity index (χ2n) is 2.98. The molecule has 1 aromatic heterocycles. The van der Waals surface area contributed by atoms with Gasteiger partial charge in [-0.05, 0) is 0 Å². The molecule has 0 atom stereocenters. The van der Waals surface area contributed by atoms with Crippen molar-refractivity contribution in [3.8, 4) is 11.6 Å². The first-order chi connectivity index (χ1) is 8.28. The maximum Gasteiger partial charge on any atom is 0.574 e. The van der Waals surface area contributed by atoms with Gasteiger partial charge in [-0.25, -0.2) is 9.78 Å². The first kappa shape index (κ1) is 14.4. The topological polar surface area (TPSA) is 68.7 Å². The van der Waals surface area contributed by atoms with Crippen molar-refractivity contribution in [2.45, 2.75) is 12.2 Å². The molecule has 0 aromatic carbocycles. The van der Waals surface area contributed by atoms with Crippen LogP contribution in [0.2, 0.25) is 0 Å². The summed E-state index contributed by atoms with van der Waals surface area (Å²) in [6, 6.07) is 0.869. The molecule has 1 aromatic rings. The number of alkyl halides is 4. The van der Waals surface area contributed by atoms with Crippen LogP contribution in [0.1, 0.15) is 16.1 Å². The molecule has 0 aliphatic heterocycles. The molecule has 5 nitrogen and oxygen atoms in total. The van der Waals surface area contributed by atoms with Crippen LogP contribution in [0.15, 0.2) is 6.07 Å². The number of carboxylic acid groups (broad SMARTS) is 1. The fraction of sp³-hybridized carbons (Fsp3) is 0.333. The van der Waals surface area contributed by atoms with E-state index in [1.54, 1.807) is 0 Å². The van der Waals surface area contributed by atoms with Crippen LogP contribution in [0.25, 0.3) is 0 Å². The minimum atomic E-state index is -4.96. The number of aromatic nitrogens is 1. The van der Waals surface area contributed by atoms with E-state index < -0.39 is 24.0 Å². The molecule has 1 N–H and O–H groups in total. The van der Waals surface area contributed by atoms with Crippen LogP contribution >= 0.6 is 11.6 Å². The molecular formula is C9H7ClF3NO4. The molecule has 0 amide bonds. The number of pyridine rings is 1. The Hall–Kier alpha value is -1.70. The summed E-state index contributed by atoms with van der Waals surface area (Å²) >= 11 is 5.41. The molecule has 1 rings (SSSR count). The smallest absolute Gasteiger partial charge is 0.491 e. The molecular weight excluding hydrogens is 279 g/mol. The minimum Gasteiger partial charge on any atom is -0.491 e. The van der Waals surface area contributed by atoms with Crippen molar-refractivity contribution in [1.82, 2.24) is 4.98 Å². The van der Waals surface area contributed by atoms with Crippen LogP contribution in [-0.4, -0.2) is 29.5 Å². The predicted molar refractivity (Wildman–Crippen MR) is 54.0 cm³/mol. The number of nitrogens with zero attached hydrogens (tertiary/aromatic N) is 1. The first-order valence-electron chi connectivity index (χ1n) is 4.41. The second kappa shape index (κ2) is 5.30. The average molecular weight is 286 g/mol. The van der Waals surface area contributed by atoms with Crippen molar-refractivity contribution >= 4 is 17.6 Å². The van der Waals surface area contributed by atoms with Crippen LogP contribution in [0.3, 0.4) is 0 Å². The van der Waals surface area contributed by atoms with Crippen molar-refractivity contribution in [1.29, 1.82) is 0 Å². The van der Waals surface area contributed by atoms with E-state index in [-0.39, 0.29) is 17.1 Å². The maximum atomic E-state index is 12.1. The lowest BCUT2D eigenvalue weighted by atomic mass is 10.2. The van der Waals surface area contributed by atoms with Gasteiger partial charge in [0.1, 0.15) is 0 Å². The van der Waals surface area contributed by atoms with E-state index in [1.807, 2.05) is 0 Å². The highest BCUT2D eigenvalue weighted by atomic mass is 35.5. The zero-order valence-corrected chi connectivity index (χ0v) is 9.67. The number of rotatable bonds is 4. The third-order valence-corrected chi connectivity index (χ3v) is 2.08. The normalized spacial score (nSPS) is 11.2. The highest BCUT2D eigenvalue weighted by Crippen LogP contribution is 2.32. The van der Waals surface area contributed by atoms with Gasteiger partial charge in [-0.1, -0.05) is 0 Å². The number of hydrogen-bond acceptors (Lipinski definition) is 4. The molecule has 0 fully saturated rings. The number of carbonyl (C=O) groups is 1. The lowest BCUT2D eigenvalue weighted by molar-refractivity contribution is -0.276. The van der Waals surface area contributed by atoms with E-state index in [4.69, 9.17) is 16.7 Å². The van der Waals surface area contributed by atoms with Crippen LogP contribution in [0, 0.1) is 0 Å². The largest absolute Gasteiger partial charge is 0.574 e. The fourth-order valence-electron chi connectivity index (χ4n) is 1.13. The lowest BCUT2D eigenvalue weighted by Crippen LogP contribution is -2.19. The van der Waals surface area contributed by atoms with Gasteiger partial charge < -0.3 is 14.6 Å². The van der Waals surface area contributed by atoms with Gasteiger partial charge in [-0.3, -0.25) is 0 Å². The third-order valence-electron chi connectivity index (χ3n) is 1.82. The zero-order valence-electron chi connectivity index (χ0n) is 8.92. The average Bonchev–Trinajstić information content (AvgIpc) is 2.25. The van der Waals surface area contributed by atoms with Crippen LogP contribution in [0.4, 0.5) is 13.2 Å². The highest BCUT2D eigenvalue weighted by molar-refractivity contribution is 6.17. The Balaban J connectivity index is 3.30. The second-order valence-corrected chi connectivity index (χ2v) is 3.24. The predicted octanol–water partition coefficient (Wildman–Crippen LogP) is 2.43. The van der Waals surface area contributed by atoms with Crippen LogP contribution < -0.4 is 9.47 Å². The molecule has 0 aliphatic rings. The number of halogens is 4. The molecule has 0 radical (unpaired) electrons. The SMILES string of the molecule is COc1cc(C(=O)O)c(CCl)nc1OC(F)(F)F. The summed E-state index contributed by atoms with van der Waals surface area (Å²) in [5.41, 5.74) is -0.597. The molecule has 0 saturated carbocycles. The molecule has 0 saturated heterocycles. The highest BCUT2D eigenvalue weighted by Gasteiger charge is 2.34. The Labute approximate surface area is 104 Å². The van der Waals surface area contributed by atoms with E-state index in [0.717, 1.165) is 13.2 Å². The van der Waals surface area contributed by atoms with Gasteiger partial charge in [0, 0.05) is 6.07 Å². The summed E-state index contributed by atoms with van der Waals surface area (Å²) in [5.74, 6) is -3.08. The minimum absolute atomic E-state index is 0.246. The van der Waals surface area contributed by atoms with Crippen molar-refractivity contribution in [3.05, 3.63) is 17.3 Å². The number of aromatic carboxylic acids is 1. The molecule has 18 heavy (non-hydrogen) atoms. The molecule has 9 heteroatoms. The van der Waals surface area contributed by atoms with E-state index in [0.29, 0.717) is 0 Å². The molecule has 1 heterocycles. The van der Waals surface area contributed by atoms with Gasteiger partial charge in [0.15, 0.2) is 5.75 Å². The summed E-state index contributed by atoms with van der Waals surface area (Å²) in [6.45, 7) is 0. The van der Waals surface area contributed by atoms with Crippen LogP contribution in [0.5, 0.6) is 11.6 Å². The number of carboxylic acids is 1. The van der Waals surface area contributed by atoms with Crippen molar-refractivity contribution in [2.24, 2.45) is 0 Å². The Bertz CT molecular complexity index is 464. The molecule has 0 spiro atoms. The molecule has 0 aliphatic carbocycles. The molecule has 0 unspecified atom stereocenters. The van der Waals surface area contributed by atoms with Crippen molar-refractivity contribution < 1.29 is 32.5 Å². The maximum absolute atomic E-state index is 12.1. The van der Waals surface area contributed by atoms with Gasteiger partial charge >= 0.3 is 12.3 Å². The molecule has 100 valence electrons. The third kappa shape index (κ3) is 3.39.